The van der Waals surface area contributed by atoms with Crippen molar-refractivity contribution in [3.63, 3.8) is 0 Å². The molecule has 0 N–H and O–H groups in total. The van der Waals surface area contributed by atoms with E-state index in [4.69, 9.17) is 0 Å². The summed E-state index contributed by atoms with van der Waals surface area (Å²) in [6, 6.07) is 8.29. The van der Waals surface area contributed by atoms with Crippen LogP contribution in [0.3, 0.4) is 0 Å². The fourth-order valence-corrected chi connectivity index (χ4v) is 3.61. The van der Waals surface area contributed by atoms with Crippen molar-refractivity contribution in [3.8, 4) is 11.8 Å². The molecule has 1 saturated heterocycles. The van der Waals surface area contributed by atoms with E-state index in [1.54, 1.807) is 23.7 Å². The van der Waals surface area contributed by atoms with E-state index in [0.717, 1.165) is 32.4 Å². The summed E-state index contributed by atoms with van der Waals surface area (Å²) in [5, 5.41) is 9.81. The highest BCUT2D eigenvalue weighted by atomic mass is 19.1. The van der Waals surface area contributed by atoms with Crippen molar-refractivity contribution in [3.05, 3.63) is 52.3 Å². The third kappa shape index (κ3) is 2.46. The highest BCUT2D eigenvalue weighted by molar-refractivity contribution is 5.91. The zero-order valence-corrected chi connectivity index (χ0v) is 14.4. The second kappa shape index (κ2) is 6.30. The van der Waals surface area contributed by atoms with Gasteiger partial charge in [0.25, 0.3) is 5.56 Å². The molecule has 4 rings (SSSR count). The first-order valence-electron chi connectivity index (χ1n) is 8.63. The van der Waals surface area contributed by atoms with Crippen molar-refractivity contribution in [2.75, 3.05) is 18.0 Å². The molecule has 0 radical (unpaired) electrons. The SMILES string of the molecule is Cn1cnc2c(C#N)c(N3CCCCC3)n(-c3cccc(F)c3)c2c1=O. The second-order valence-electron chi connectivity index (χ2n) is 6.53. The molecule has 6 nitrogen and oxygen atoms in total. The number of anilines is 1. The lowest BCUT2D eigenvalue weighted by Crippen LogP contribution is -2.32. The molecule has 1 aliphatic heterocycles. The largest absolute Gasteiger partial charge is 0.357 e. The number of nitrogens with zero attached hydrogens (tertiary/aromatic N) is 5. The van der Waals surface area contributed by atoms with Crippen LogP contribution in [0.4, 0.5) is 10.2 Å². The van der Waals surface area contributed by atoms with Crippen molar-refractivity contribution < 1.29 is 4.39 Å². The molecule has 0 amide bonds. The van der Waals surface area contributed by atoms with Gasteiger partial charge in [-0.05, 0) is 37.5 Å². The smallest absolute Gasteiger partial charge is 0.278 e. The van der Waals surface area contributed by atoms with Crippen LogP contribution in [0.1, 0.15) is 24.8 Å². The van der Waals surface area contributed by atoms with E-state index in [1.165, 1.54) is 23.0 Å². The van der Waals surface area contributed by atoms with Crippen molar-refractivity contribution in [1.29, 1.82) is 5.26 Å². The summed E-state index contributed by atoms with van der Waals surface area (Å²) >= 11 is 0. The lowest BCUT2D eigenvalue weighted by molar-refractivity contribution is 0.570. The Hall–Kier alpha value is -3.14. The number of hydrogen-bond acceptors (Lipinski definition) is 4. The summed E-state index contributed by atoms with van der Waals surface area (Å²) in [6.45, 7) is 1.58. The Labute approximate surface area is 149 Å². The normalized spacial score (nSPS) is 14.6. The molecule has 26 heavy (non-hydrogen) atoms. The van der Waals surface area contributed by atoms with E-state index in [-0.39, 0.29) is 5.56 Å². The highest BCUT2D eigenvalue weighted by Crippen LogP contribution is 2.34. The number of rotatable bonds is 2. The van der Waals surface area contributed by atoms with Gasteiger partial charge in [-0.1, -0.05) is 6.07 Å². The summed E-state index contributed by atoms with van der Waals surface area (Å²) in [6.07, 6.45) is 4.59. The molecule has 0 atom stereocenters. The number of aromatic nitrogens is 3. The van der Waals surface area contributed by atoms with Gasteiger partial charge < -0.3 is 9.47 Å². The standard InChI is InChI=1S/C19H18FN5O/c1-23-12-22-16-15(11-21)18(24-8-3-2-4-9-24)25(17(16)19(23)26)14-7-5-6-13(20)10-14/h5-7,10,12H,2-4,8-9H2,1H3. The Kier molecular flexibility index (Phi) is 3.96. The number of fused-ring (bicyclic) bond motifs is 1. The minimum absolute atomic E-state index is 0.265. The molecule has 0 spiro atoms. The van der Waals surface area contributed by atoms with Gasteiger partial charge in [0.2, 0.25) is 0 Å². The van der Waals surface area contributed by atoms with Crippen LogP contribution in [-0.2, 0) is 7.05 Å². The van der Waals surface area contributed by atoms with Gasteiger partial charge >= 0.3 is 0 Å². The maximum absolute atomic E-state index is 13.9. The van der Waals surface area contributed by atoms with Crippen molar-refractivity contribution in [1.82, 2.24) is 14.1 Å². The van der Waals surface area contributed by atoms with Crippen molar-refractivity contribution in [2.24, 2.45) is 7.05 Å². The van der Waals surface area contributed by atoms with E-state index in [1.807, 2.05) is 0 Å². The molecule has 132 valence electrons. The molecule has 2 aromatic heterocycles. The molecule has 1 aliphatic rings. The van der Waals surface area contributed by atoms with Crippen LogP contribution >= 0.6 is 0 Å². The van der Waals surface area contributed by atoms with Crippen LogP contribution < -0.4 is 10.5 Å². The third-order valence-electron chi connectivity index (χ3n) is 4.84. The Morgan fingerprint density at radius 1 is 1.23 bits per heavy atom. The monoisotopic (exact) mass is 351 g/mol. The van der Waals surface area contributed by atoms with Crippen molar-refractivity contribution >= 4 is 16.9 Å². The molecular weight excluding hydrogens is 333 g/mol. The molecule has 0 unspecified atom stereocenters. The third-order valence-corrected chi connectivity index (χ3v) is 4.84. The van der Waals surface area contributed by atoms with Gasteiger partial charge in [0.15, 0.2) is 0 Å². The number of halogens is 1. The maximum Gasteiger partial charge on any atom is 0.278 e. The van der Waals surface area contributed by atoms with Gasteiger partial charge in [0, 0.05) is 20.1 Å². The highest BCUT2D eigenvalue weighted by Gasteiger charge is 2.27. The second-order valence-corrected chi connectivity index (χ2v) is 6.53. The predicted octanol–water partition coefficient (Wildman–Crippen LogP) is 2.73. The van der Waals surface area contributed by atoms with Crippen LogP contribution in [0.5, 0.6) is 0 Å². The van der Waals surface area contributed by atoms with Crippen LogP contribution in [0, 0.1) is 17.1 Å². The average Bonchev–Trinajstić information content (AvgIpc) is 3.00. The molecule has 7 heteroatoms. The van der Waals surface area contributed by atoms with Crippen LogP contribution in [-0.4, -0.2) is 27.2 Å². The molecule has 0 saturated carbocycles. The summed E-state index contributed by atoms with van der Waals surface area (Å²) in [4.78, 5) is 19.3. The topological polar surface area (TPSA) is 66.8 Å². The first-order valence-corrected chi connectivity index (χ1v) is 8.63. The fourth-order valence-electron chi connectivity index (χ4n) is 3.61. The number of piperidine rings is 1. The quantitative estimate of drug-likeness (QED) is 0.712. The van der Waals surface area contributed by atoms with Crippen LogP contribution in [0.15, 0.2) is 35.4 Å². The van der Waals surface area contributed by atoms with Gasteiger partial charge in [0.1, 0.15) is 34.3 Å². The predicted molar refractivity (Wildman–Crippen MR) is 97.0 cm³/mol. The lowest BCUT2D eigenvalue weighted by Gasteiger charge is -2.30. The van der Waals surface area contributed by atoms with Gasteiger partial charge in [-0.15, -0.1) is 0 Å². The molecular formula is C19H18FN5O. The minimum atomic E-state index is -0.395. The summed E-state index contributed by atoms with van der Waals surface area (Å²) in [7, 11) is 1.62. The number of nitriles is 1. The average molecular weight is 351 g/mol. The van der Waals surface area contributed by atoms with Gasteiger partial charge in [-0.2, -0.15) is 5.26 Å². The van der Waals surface area contributed by atoms with E-state index in [0.29, 0.717) is 28.1 Å². The maximum atomic E-state index is 13.9. The molecule has 3 aromatic rings. The Balaban J connectivity index is 2.14. The van der Waals surface area contributed by atoms with Crippen LogP contribution in [0.25, 0.3) is 16.7 Å². The van der Waals surface area contributed by atoms with Gasteiger partial charge in [-0.3, -0.25) is 9.36 Å². The summed E-state index contributed by atoms with van der Waals surface area (Å²) in [5.74, 6) is 0.233. The molecule has 1 fully saturated rings. The first-order chi connectivity index (χ1) is 12.6. The Morgan fingerprint density at radius 3 is 2.69 bits per heavy atom. The Bertz CT molecular complexity index is 1090. The van der Waals surface area contributed by atoms with Gasteiger partial charge in [-0.25, -0.2) is 9.37 Å². The minimum Gasteiger partial charge on any atom is -0.357 e. The number of hydrogen-bond donors (Lipinski definition) is 0. The fraction of sp³-hybridized carbons (Fsp3) is 0.316. The number of benzene rings is 1. The molecule has 1 aromatic carbocycles. The van der Waals surface area contributed by atoms with E-state index < -0.39 is 5.82 Å². The Morgan fingerprint density at radius 2 is 2.00 bits per heavy atom. The van der Waals surface area contributed by atoms with E-state index >= 15 is 0 Å². The number of aryl methyl sites for hydroxylation is 1. The van der Waals surface area contributed by atoms with Crippen LogP contribution in [0.2, 0.25) is 0 Å². The van der Waals surface area contributed by atoms with E-state index in [2.05, 4.69) is 16.0 Å². The zero-order chi connectivity index (χ0) is 18.3. The van der Waals surface area contributed by atoms with Gasteiger partial charge in [0.05, 0.1) is 12.0 Å². The molecule has 0 aliphatic carbocycles. The zero-order valence-electron chi connectivity index (χ0n) is 14.4. The van der Waals surface area contributed by atoms with Crippen molar-refractivity contribution in [2.45, 2.75) is 19.3 Å². The molecule has 0 bridgehead atoms. The summed E-state index contributed by atoms with van der Waals surface area (Å²) in [5.41, 5.74) is 1.28. The molecule has 3 heterocycles. The first kappa shape index (κ1) is 16.3. The summed E-state index contributed by atoms with van der Waals surface area (Å²) < 4.78 is 17.0. The lowest BCUT2D eigenvalue weighted by atomic mass is 10.1. The van der Waals surface area contributed by atoms with E-state index in [9.17, 15) is 14.4 Å².